The summed E-state index contributed by atoms with van der Waals surface area (Å²) in [4.78, 5) is 2.00. The quantitative estimate of drug-likeness (QED) is 0.607. The second-order valence-electron chi connectivity index (χ2n) is 3.37. The minimum Gasteiger partial charge on any atom is -0.319 e. The van der Waals surface area contributed by atoms with Crippen LogP contribution in [0.1, 0.15) is 20.3 Å². The Kier molecular flexibility index (Phi) is 3.01. The second-order valence-corrected chi connectivity index (χ2v) is 3.37. The molecule has 0 unspecified atom stereocenters. The average molecular weight is 179 g/mol. The number of rotatable bonds is 1. The molecule has 1 rings (SSSR count). The molecule has 12 heavy (non-hydrogen) atoms. The summed E-state index contributed by atoms with van der Waals surface area (Å²) in [5.41, 5.74) is 0. The maximum absolute atomic E-state index is 12.7. The minimum absolute atomic E-state index is 0.130. The van der Waals surface area contributed by atoms with Gasteiger partial charge in [-0.25, -0.2) is 0 Å². The molecule has 1 saturated heterocycles. The molecule has 1 aliphatic heterocycles. The summed E-state index contributed by atoms with van der Waals surface area (Å²) in [6, 6.07) is 0.322. The number of nitrogens with zero attached hydrogens (tertiary/aromatic N) is 1. The minimum atomic E-state index is -2.91. The fourth-order valence-electron chi connectivity index (χ4n) is 1.29. The van der Waals surface area contributed by atoms with E-state index in [1.165, 1.54) is 0 Å². The molecule has 0 aromatic rings. The molecule has 1 heterocycles. The molecule has 0 aromatic carbocycles. The van der Waals surface area contributed by atoms with Gasteiger partial charge >= 0.3 is 6.11 Å². The van der Waals surface area contributed by atoms with E-state index < -0.39 is 6.11 Å². The van der Waals surface area contributed by atoms with Gasteiger partial charge in [0.05, 0.1) is 13.0 Å². The molecule has 0 amide bonds. The van der Waals surface area contributed by atoms with E-state index in [1.54, 1.807) is 0 Å². The summed E-state index contributed by atoms with van der Waals surface area (Å²) >= 11 is 0. The van der Waals surface area contributed by atoms with Gasteiger partial charge in [0.25, 0.3) is 0 Å². The molecular formula is C8H15F2NO. The standard InChI is InChI=1S/C8H15F2NO/c1-7(2)11-4-3-8(9,10)12-6-5-11/h7H,3-6H2,1-2H3. The lowest BCUT2D eigenvalue weighted by Crippen LogP contribution is -2.33. The molecule has 0 atom stereocenters. The van der Waals surface area contributed by atoms with Gasteiger partial charge in [-0.15, -0.1) is 0 Å². The first-order chi connectivity index (χ1) is 5.51. The van der Waals surface area contributed by atoms with Crippen LogP contribution in [0.4, 0.5) is 8.78 Å². The van der Waals surface area contributed by atoms with Crippen molar-refractivity contribution in [3.05, 3.63) is 0 Å². The van der Waals surface area contributed by atoms with Crippen molar-refractivity contribution in [2.24, 2.45) is 0 Å². The third kappa shape index (κ3) is 2.68. The molecular weight excluding hydrogens is 164 g/mol. The highest BCUT2D eigenvalue weighted by Gasteiger charge is 2.33. The summed E-state index contributed by atoms with van der Waals surface area (Å²) in [6.45, 7) is 5.16. The Balaban J connectivity index is 2.45. The van der Waals surface area contributed by atoms with Crippen molar-refractivity contribution in [3.63, 3.8) is 0 Å². The Morgan fingerprint density at radius 2 is 2.00 bits per heavy atom. The smallest absolute Gasteiger partial charge is 0.319 e. The lowest BCUT2D eigenvalue weighted by molar-refractivity contribution is -0.233. The van der Waals surface area contributed by atoms with Gasteiger partial charge in [0.1, 0.15) is 0 Å². The Hall–Kier alpha value is -0.220. The highest BCUT2D eigenvalue weighted by atomic mass is 19.3. The predicted octanol–water partition coefficient (Wildman–Crippen LogP) is 1.71. The van der Waals surface area contributed by atoms with E-state index in [-0.39, 0.29) is 13.0 Å². The van der Waals surface area contributed by atoms with Crippen molar-refractivity contribution in [3.8, 4) is 0 Å². The third-order valence-corrected chi connectivity index (χ3v) is 2.11. The van der Waals surface area contributed by atoms with E-state index in [2.05, 4.69) is 4.74 Å². The van der Waals surface area contributed by atoms with E-state index >= 15 is 0 Å². The molecule has 0 N–H and O–H groups in total. The monoisotopic (exact) mass is 179 g/mol. The van der Waals surface area contributed by atoms with Gasteiger partial charge in [-0.2, -0.15) is 8.78 Å². The summed E-state index contributed by atoms with van der Waals surface area (Å²) < 4.78 is 29.7. The second kappa shape index (κ2) is 3.66. The first-order valence-electron chi connectivity index (χ1n) is 4.27. The zero-order valence-corrected chi connectivity index (χ0v) is 7.52. The van der Waals surface area contributed by atoms with Crippen LogP contribution in [0.25, 0.3) is 0 Å². The number of ether oxygens (including phenoxy) is 1. The lowest BCUT2D eigenvalue weighted by atomic mass is 10.3. The lowest BCUT2D eigenvalue weighted by Gasteiger charge is -2.23. The molecule has 0 spiro atoms. The first kappa shape index (κ1) is 9.86. The van der Waals surface area contributed by atoms with Crippen LogP contribution in [0, 0.1) is 0 Å². The molecule has 72 valence electrons. The van der Waals surface area contributed by atoms with Crippen molar-refractivity contribution < 1.29 is 13.5 Å². The van der Waals surface area contributed by atoms with Gasteiger partial charge in [-0.3, -0.25) is 4.90 Å². The Bertz CT molecular complexity index is 150. The zero-order chi connectivity index (χ0) is 9.19. The summed E-state index contributed by atoms with van der Waals surface area (Å²) in [5, 5.41) is 0. The van der Waals surface area contributed by atoms with Crippen LogP contribution in [0.3, 0.4) is 0 Å². The average Bonchev–Trinajstić information content (AvgIpc) is 2.10. The van der Waals surface area contributed by atoms with Gasteiger partial charge in [0.2, 0.25) is 0 Å². The van der Waals surface area contributed by atoms with E-state index in [0.717, 1.165) is 0 Å². The molecule has 2 nitrogen and oxygen atoms in total. The van der Waals surface area contributed by atoms with Crippen LogP contribution in [0.15, 0.2) is 0 Å². The van der Waals surface area contributed by atoms with Crippen molar-refractivity contribution >= 4 is 0 Å². The molecule has 1 aliphatic rings. The van der Waals surface area contributed by atoms with Crippen LogP contribution >= 0.6 is 0 Å². The zero-order valence-electron chi connectivity index (χ0n) is 7.52. The van der Waals surface area contributed by atoms with Crippen molar-refractivity contribution in [2.45, 2.75) is 32.4 Å². The van der Waals surface area contributed by atoms with E-state index in [9.17, 15) is 8.78 Å². The van der Waals surface area contributed by atoms with Crippen LogP contribution in [0.2, 0.25) is 0 Å². The highest BCUT2D eigenvalue weighted by Crippen LogP contribution is 2.23. The van der Waals surface area contributed by atoms with Crippen LogP contribution in [-0.4, -0.2) is 36.7 Å². The molecule has 0 aliphatic carbocycles. The first-order valence-corrected chi connectivity index (χ1v) is 4.27. The molecule has 1 fully saturated rings. The molecule has 0 aromatic heterocycles. The van der Waals surface area contributed by atoms with Gasteiger partial charge in [0, 0.05) is 19.1 Å². The SMILES string of the molecule is CC(C)N1CCOC(F)(F)CC1. The van der Waals surface area contributed by atoms with Crippen LogP contribution in [0.5, 0.6) is 0 Å². The molecule has 0 bridgehead atoms. The Morgan fingerprint density at radius 1 is 1.33 bits per heavy atom. The molecule has 0 radical (unpaired) electrons. The number of hydrogen-bond acceptors (Lipinski definition) is 2. The Labute approximate surface area is 71.5 Å². The van der Waals surface area contributed by atoms with Crippen molar-refractivity contribution in [2.75, 3.05) is 19.7 Å². The summed E-state index contributed by atoms with van der Waals surface area (Å²) in [5.74, 6) is 0. The molecule has 4 heteroatoms. The van der Waals surface area contributed by atoms with Crippen molar-refractivity contribution in [1.82, 2.24) is 4.90 Å². The number of hydrogen-bond donors (Lipinski definition) is 0. The van der Waals surface area contributed by atoms with Gasteiger partial charge < -0.3 is 4.74 Å². The van der Waals surface area contributed by atoms with Gasteiger partial charge in [-0.1, -0.05) is 0 Å². The Morgan fingerprint density at radius 3 is 2.58 bits per heavy atom. The van der Waals surface area contributed by atoms with Crippen LogP contribution < -0.4 is 0 Å². The van der Waals surface area contributed by atoms with Gasteiger partial charge in [-0.05, 0) is 13.8 Å². The fraction of sp³-hybridized carbons (Fsp3) is 1.00. The fourth-order valence-corrected chi connectivity index (χ4v) is 1.29. The van der Waals surface area contributed by atoms with E-state index in [1.807, 2.05) is 18.7 Å². The third-order valence-electron chi connectivity index (χ3n) is 2.11. The topological polar surface area (TPSA) is 12.5 Å². The number of alkyl halides is 2. The highest BCUT2D eigenvalue weighted by molar-refractivity contribution is 4.69. The van der Waals surface area contributed by atoms with Crippen molar-refractivity contribution in [1.29, 1.82) is 0 Å². The maximum Gasteiger partial charge on any atom is 0.357 e. The van der Waals surface area contributed by atoms with Crippen LogP contribution in [-0.2, 0) is 4.74 Å². The van der Waals surface area contributed by atoms with E-state index in [0.29, 0.717) is 19.1 Å². The van der Waals surface area contributed by atoms with Gasteiger partial charge in [0.15, 0.2) is 0 Å². The summed E-state index contributed by atoms with van der Waals surface area (Å²) in [7, 11) is 0. The number of halogens is 2. The van der Waals surface area contributed by atoms with E-state index in [4.69, 9.17) is 0 Å². The normalized spacial score (nSPS) is 25.8. The maximum atomic E-state index is 12.7. The largest absolute Gasteiger partial charge is 0.357 e. The molecule has 0 saturated carbocycles. The predicted molar refractivity (Wildman–Crippen MR) is 42.2 cm³/mol. The summed E-state index contributed by atoms with van der Waals surface area (Å²) in [6.07, 6.45) is -3.10.